The van der Waals surface area contributed by atoms with Gasteiger partial charge in [0.05, 0.1) is 6.26 Å². The Bertz CT molecular complexity index is 856. The van der Waals surface area contributed by atoms with Crippen molar-refractivity contribution in [3.05, 3.63) is 95.4 Å². The van der Waals surface area contributed by atoms with Crippen molar-refractivity contribution in [2.24, 2.45) is 0 Å². The van der Waals surface area contributed by atoms with Gasteiger partial charge in [0.25, 0.3) is 5.91 Å². The number of Topliss-reactive ketones (excluding diaryl/α,β-unsaturated/α-hetero) is 1. The summed E-state index contributed by atoms with van der Waals surface area (Å²) in [5.74, 6) is -0.491. The molecular formula is C21H20N2O3. The smallest absolute Gasteiger partial charge is 0.288 e. The minimum atomic E-state index is -0.865. The molecule has 0 radical (unpaired) electrons. The van der Waals surface area contributed by atoms with Crippen molar-refractivity contribution in [1.82, 2.24) is 10.6 Å². The molecule has 3 aromatic rings. The molecule has 0 saturated heterocycles. The van der Waals surface area contributed by atoms with Crippen LogP contribution in [0.25, 0.3) is 0 Å². The molecule has 3 rings (SSSR count). The van der Waals surface area contributed by atoms with Gasteiger partial charge in [0.1, 0.15) is 6.17 Å². The third-order valence-electron chi connectivity index (χ3n) is 3.97. The molecule has 1 aromatic heterocycles. The zero-order valence-corrected chi connectivity index (χ0v) is 14.4. The van der Waals surface area contributed by atoms with E-state index < -0.39 is 12.1 Å². The van der Waals surface area contributed by atoms with Crippen LogP contribution in [0.15, 0.2) is 77.4 Å². The van der Waals surface area contributed by atoms with Gasteiger partial charge in [-0.05, 0) is 24.6 Å². The highest BCUT2D eigenvalue weighted by atomic mass is 16.3. The second-order valence-electron chi connectivity index (χ2n) is 5.98. The lowest BCUT2D eigenvalue weighted by Crippen LogP contribution is -2.50. The molecule has 26 heavy (non-hydrogen) atoms. The lowest BCUT2D eigenvalue weighted by atomic mass is 10.1. The third-order valence-corrected chi connectivity index (χ3v) is 3.97. The summed E-state index contributed by atoms with van der Waals surface area (Å²) in [5, 5.41) is 5.83. The van der Waals surface area contributed by atoms with Gasteiger partial charge in [-0.3, -0.25) is 14.9 Å². The minimum Gasteiger partial charge on any atom is -0.459 e. The number of furan rings is 1. The van der Waals surface area contributed by atoms with Crippen LogP contribution in [0.5, 0.6) is 0 Å². The number of amides is 1. The maximum Gasteiger partial charge on any atom is 0.288 e. The van der Waals surface area contributed by atoms with E-state index in [0.29, 0.717) is 12.1 Å². The third kappa shape index (κ3) is 4.46. The van der Waals surface area contributed by atoms with Crippen molar-refractivity contribution in [2.75, 3.05) is 0 Å². The highest BCUT2D eigenvalue weighted by molar-refractivity contribution is 6.03. The first-order valence-electron chi connectivity index (χ1n) is 8.36. The Labute approximate surface area is 152 Å². The SMILES string of the molecule is Cc1ccc(C(=O)[C@@H](NCc2ccccc2)NC(=O)c2ccco2)cc1. The predicted octanol–water partition coefficient (Wildman–Crippen LogP) is 3.32. The van der Waals surface area contributed by atoms with Crippen molar-refractivity contribution < 1.29 is 14.0 Å². The summed E-state index contributed by atoms with van der Waals surface area (Å²) in [5.41, 5.74) is 2.61. The Balaban J connectivity index is 1.76. The number of rotatable bonds is 7. The molecule has 2 N–H and O–H groups in total. The van der Waals surface area contributed by atoms with Gasteiger partial charge in [-0.25, -0.2) is 0 Å². The number of hydrogen-bond donors (Lipinski definition) is 2. The molecule has 1 amide bonds. The molecule has 0 aliphatic rings. The Morgan fingerprint density at radius 3 is 2.35 bits per heavy atom. The van der Waals surface area contributed by atoms with Gasteiger partial charge in [-0.15, -0.1) is 0 Å². The van der Waals surface area contributed by atoms with Crippen molar-refractivity contribution in [3.8, 4) is 0 Å². The molecule has 5 nitrogen and oxygen atoms in total. The Hall–Kier alpha value is -3.18. The Morgan fingerprint density at radius 2 is 1.69 bits per heavy atom. The van der Waals surface area contributed by atoms with Gasteiger partial charge >= 0.3 is 0 Å². The molecular weight excluding hydrogens is 328 g/mol. The van der Waals surface area contributed by atoms with E-state index in [1.165, 1.54) is 6.26 Å². The Morgan fingerprint density at radius 1 is 0.962 bits per heavy atom. The molecule has 2 aromatic carbocycles. The zero-order chi connectivity index (χ0) is 18.4. The molecule has 0 spiro atoms. The molecule has 1 atom stereocenters. The van der Waals surface area contributed by atoms with E-state index >= 15 is 0 Å². The number of carbonyl (C=O) groups is 2. The summed E-state index contributed by atoms with van der Waals surface area (Å²) < 4.78 is 5.11. The van der Waals surface area contributed by atoms with E-state index in [9.17, 15) is 9.59 Å². The van der Waals surface area contributed by atoms with Crippen LogP contribution in [0.2, 0.25) is 0 Å². The zero-order valence-electron chi connectivity index (χ0n) is 14.4. The monoisotopic (exact) mass is 348 g/mol. The number of benzene rings is 2. The number of aryl methyl sites for hydroxylation is 1. The Kier molecular flexibility index (Phi) is 5.61. The molecule has 0 saturated carbocycles. The first kappa shape index (κ1) is 17.6. The van der Waals surface area contributed by atoms with Crippen LogP contribution in [0.3, 0.4) is 0 Å². The van der Waals surface area contributed by atoms with Gasteiger partial charge in [0.15, 0.2) is 11.5 Å². The van der Waals surface area contributed by atoms with Crippen molar-refractivity contribution >= 4 is 11.7 Å². The van der Waals surface area contributed by atoms with Crippen LogP contribution in [0.1, 0.15) is 32.0 Å². The average Bonchev–Trinajstić information content (AvgIpc) is 3.21. The summed E-state index contributed by atoms with van der Waals surface area (Å²) in [6, 6.07) is 20.1. The topological polar surface area (TPSA) is 71.3 Å². The highest BCUT2D eigenvalue weighted by Gasteiger charge is 2.23. The maximum atomic E-state index is 12.9. The van der Waals surface area contributed by atoms with Crippen molar-refractivity contribution in [2.45, 2.75) is 19.6 Å². The largest absolute Gasteiger partial charge is 0.459 e. The normalized spacial score (nSPS) is 11.7. The number of hydrogen-bond acceptors (Lipinski definition) is 4. The van der Waals surface area contributed by atoms with Crippen LogP contribution >= 0.6 is 0 Å². The van der Waals surface area contributed by atoms with Crippen LogP contribution in [-0.4, -0.2) is 17.9 Å². The summed E-state index contributed by atoms with van der Waals surface area (Å²) in [6.07, 6.45) is 0.554. The molecule has 0 bridgehead atoms. The predicted molar refractivity (Wildman–Crippen MR) is 98.8 cm³/mol. The van der Waals surface area contributed by atoms with E-state index in [1.54, 1.807) is 24.3 Å². The first-order chi connectivity index (χ1) is 12.6. The van der Waals surface area contributed by atoms with Crippen LogP contribution in [-0.2, 0) is 6.54 Å². The summed E-state index contributed by atoms with van der Waals surface area (Å²) in [4.78, 5) is 25.2. The van der Waals surface area contributed by atoms with E-state index in [-0.39, 0.29) is 11.5 Å². The van der Waals surface area contributed by atoms with Crippen LogP contribution in [0, 0.1) is 6.92 Å². The summed E-state index contributed by atoms with van der Waals surface area (Å²) in [6.45, 7) is 2.40. The van der Waals surface area contributed by atoms with Gasteiger partial charge in [0.2, 0.25) is 0 Å². The lowest BCUT2D eigenvalue weighted by Gasteiger charge is -2.19. The van der Waals surface area contributed by atoms with Crippen LogP contribution < -0.4 is 10.6 Å². The average molecular weight is 348 g/mol. The maximum absolute atomic E-state index is 12.9. The standard InChI is InChI=1S/C21H20N2O3/c1-15-9-11-17(12-10-15)19(24)20(22-14-16-6-3-2-4-7-16)23-21(25)18-8-5-13-26-18/h2-13,20,22H,14H2,1H3,(H,23,25)/t20-/m0/s1. The summed E-state index contributed by atoms with van der Waals surface area (Å²) >= 11 is 0. The minimum absolute atomic E-state index is 0.160. The number of carbonyl (C=O) groups excluding carboxylic acids is 2. The van der Waals surface area contributed by atoms with E-state index in [0.717, 1.165) is 11.1 Å². The fraction of sp³-hybridized carbons (Fsp3) is 0.143. The molecule has 0 aliphatic carbocycles. The van der Waals surface area contributed by atoms with Gasteiger partial charge in [0, 0.05) is 12.1 Å². The molecule has 0 aliphatic heterocycles. The van der Waals surface area contributed by atoms with Gasteiger partial charge in [-0.2, -0.15) is 0 Å². The molecule has 1 heterocycles. The highest BCUT2D eigenvalue weighted by Crippen LogP contribution is 2.08. The van der Waals surface area contributed by atoms with Crippen molar-refractivity contribution in [3.63, 3.8) is 0 Å². The van der Waals surface area contributed by atoms with Crippen LogP contribution in [0.4, 0.5) is 0 Å². The fourth-order valence-corrected chi connectivity index (χ4v) is 2.52. The number of ketones is 1. The van der Waals surface area contributed by atoms with Gasteiger partial charge < -0.3 is 9.73 Å². The second kappa shape index (κ2) is 8.27. The first-order valence-corrected chi connectivity index (χ1v) is 8.36. The molecule has 5 heteroatoms. The van der Waals surface area contributed by atoms with Gasteiger partial charge in [-0.1, -0.05) is 60.2 Å². The van der Waals surface area contributed by atoms with Crippen molar-refractivity contribution in [1.29, 1.82) is 0 Å². The van der Waals surface area contributed by atoms with E-state index in [1.807, 2.05) is 49.4 Å². The molecule has 132 valence electrons. The lowest BCUT2D eigenvalue weighted by molar-refractivity contribution is 0.0821. The van der Waals surface area contributed by atoms with E-state index in [2.05, 4.69) is 10.6 Å². The summed E-state index contributed by atoms with van der Waals surface area (Å²) in [7, 11) is 0. The second-order valence-corrected chi connectivity index (χ2v) is 5.98. The number of nitrogens with one attached hydrogen (secondary N) is 2. The quantitative estimate of drug-likeness (QED) is 0.508. The fourth-order valence-electron chi connectivity index (χ4n) is 2.52. The molecule has 0 fully saturated rings. The van der Waals surface area contributed by atoms with E-state index in [4.69, 9.17) is 4.42 Å². The molecule has 0 unspecified atom stereocenters.